The molecule has 11 heteroatoms. The molecule has 0 aromatic carbocycles. The first-order valence-corrected chi connectivity index (χ1v) is 23.5. The van der Waals surface area contributed by atoms with E-state index in [4.69, 9.17) is 0 Å². The van der Waals surface area contributed by atoms with E-state index >= 15 is 0 Å². The van der Waals surface area contributed by atoms with E-state index in [-0.39, 0.29) is 17.1 Å². The quantitative estimate of drug-likeness (QED) is 0.140. The number of hydrogen-bond acceptors (Lipinski definition) is 9. The van der Waals surface area contributed by atoms with E-state index in [1.54, 1.807) is 0 Å². The number of fused-ring (bicyclic) bond motifs is 20. The van der Waals surface area contributed by atoms with Gasteiger partial charge in [-0.3, -0.25) is 42.5 Å². The third-order valence-corrected chi connectivity index (χ3v) is 13.6. The molecule has 16 atom stereocenters. The molecule has 5 heterocycles. The summed E-state index contributed by atoms with van der Waals surface area (Å²) in [6, 6.07) is 0. The van der Waals surface area contributed by atoms with Crippen LogP contribution in [-0.4, -0.2) is 49.3 Å². The zero-order chi connectivity index (χ0) is 28.2. The minimum absolute atomic E-state index is 0. The summed E-state index contributed by atoms with van der Waals surface area (Å²) in [5.74, 6) is 5.74. The molecule has 1 radical (unpaired) electrons. The molecular weight excluding hydrogens is 704 g/mol. The van der Waals surface area contributed by atoms with Crippen molar-refractivity contribution in [1.29, 1.82) is 0 Å². The third-order valence-electron chi connectivity index (χ3n) is 13.6. The van der Waals surface area contributed by atoms with E-state index in [2.05, 4.69) is 57.6 Å². The van der Waals surface area contributed by atoms with Crippen LogP contribution in [0, 0.1) is 53.8 Å². The second-order valence-corrected chi connectivity index (χ2v) is 15.4. The Morgan fingerprint density at radius 3 is 0.953 bits per heavy atom. The maximum atomic E-state index is 4.25. The Balaban J connectivity index is 0.000000981. The molecule has 16 unspecified atom stereocenters. The van der Waals surface area contributed by atoms with Crippen LogP contribution in [-0.2, 0) is 40.8 Å². The van der Waals surface area contributed by atoms with Crippen molar-refractivity contribution in [2.45, 2.75) is 146 Å². The average Bonchev–Trinajstić information content (AvgIpc) is 3.78. The SMILES string of the molecule is [CH-]1CCCC2C3NC(NC4NC(NC5NC(NC6NC(N3)C3CCCCC63)C3CCCCC53)C3CCCCC43)C12.[Cu].[S]=[Cd]. The van der Waals surface area contributed by atoms with E-state index < -0.39 is 0 Å². The molecule has 9 aliphatic rings. The van der Waals surface area contributed by atoms with Gasteiger partial charge in [0.1, 0.15) is 0 Å². The van der Waals surface area contributed by atoms with Gasteiger partial charge in [0, 0.05) is 23.2 Å². The molecule has 5 saturated heterocycles. The van der Waals surface area contributed by atoms with Gasteiger partial charge in [-0.15, -0.1) is 5.92 Å². The van der Waals surface area contributed by atoms with Gasteiger partial charge in [0.2, 0.25) is 0 Å². The van der Waals surface area contributed by atoms with Crippen LogP contribution in [0.2, 0.25) is 0 Å². The van der Waals surface area contributed by atoms with Crippen LogP contribution in [0.3, 0.4) is 0 Å². The number of nitrogens with one attached hydrogen (secondary N) is 8. The molecular formula is C32H55CdCuN8S-. The van der Waals surface area contributed by atoms with Crippen molar-refractivity contribution in [1.82, 2.24) is 42.5 Å². The summed E-state index contributed by atoms with van der Waals surface area (Å²) in [5.41, 5.74) is 0. The Kier molecular flexibility index (Phi) is 11.0. The molecule has 8 N–H and O–H groups in total. The summed E-state index contributed by atoms with van der Waals surface area (Å²) in [6.45, 7) is 0. The van der Waals surface area contributed by atoms with Crippen LogP contribution in [0.15, 0.2) is 0 Å². The molecule has 0 spiro atoms. The van der Waals surface area contributed by atoms with Gasteiger partial charge in [0.15, 0.2) is 0 Å². The maximum absolute atomic E-state index is 4.25. The Labute approximate surface area is 289 Å². The summed E-state index contributed by atoms with van der Waals surface area (Å²) in [6.07, 6.45) is 26.4. The summed E-state index contributed by atoms with van der Waals surface area (Å²) >= 11 is 0.733. The standard InChI is InChI=1S/C32H55N8.Cd.Cu.S/c1-2-10-18-17(9-1)25-33-26(18)38-28-21-13-5-6-14-22(21)30(35-28)40-32-24-16-8-7-15-23(24)31(36-32)39-29-20-12-4-3-11-19(20)27(34-29)37-25;;;/h9,17-40H,1-8,10-16H2;;;/q-1;;;. The van der Waals surface area contributed by atoms with Gasteiger partial charge in [-0.1, -0.05) is 51.4 Å². The van der Waals surface area contributed by atoms with Crippen molar-refractivity contribution in [2.75, 3.05) is 0 Å². The van der Waals surface area contributed by atoms with Crippen molar-refractivity contribution < 1.29 is 40.8 Å². The molecule has 43 heavy (non-hydrogen) atoms. The van der Waals surface area contributed by atoms with Crippen LogP contribution in [0.4, 0.5) is 0 Å². The summed E-state index contributed by atoms with van der Waals surface area (Å²) in [4.78, 5) is 0. The third kappa shape index (κ3) is 6.20. The van der Waals surface area contributed by atoms with Crippen LogP contribution in [0.5, 0.6) is 0 Å². The number of rotatable bonds is 0. The summed E-state index contributed by atoms with van der Waals surface area (Å²) in [7, 11) is 4.25. The predicted molar refractivity (Wildman–Crippen MR) is 164 cm³/mol. The van der Waals surface area contributed by atoms with Gasteiger partial charge in [0.25, 0.3) is 0 Å². The van der Waals surface area contributed by atoms with E-state index in [0.717, 1.165) is 59.2 Å². The van der Waals surface area contributed by atoms with E-state index in [1.807, 2.05) is 0 Å². The van der Waals surface area contributed by atoms with Crippen LogP contribution in [0.25, 0.3) is 0 Å². The van der Waals surface area contributed by atoms with Crippen molar-refractivity contribution in [2.24, 2.45) is 47.3 Å². The van der Waals surface area contributed by atoms with Gasteiger partial charge in [-0.2, -0.15) is 6.42 Å². The Hall–Kier alpha value is 1.34. The molecule has 243 valence electrons. The van der Waals surface area contributed by atoms with Crippen LogP contribution >= 0.6 is 8.65 Å². The normalized spacial score (nSPS) is 53.7. The fraction of sp³-hybridized carbons (Fsp3) is 0.969. The van der Waals surface area contributed by atoms with Crippen molar-refractivity contribution in [3.05, 3.63) is 6.42 Å². The predicted octanol–water partition coefficient (Wildman–Crippen LogP) is 3.06. The van der Waals surface area contributed by atoms with Crippen molar-refractivity contribution in [3.8, 4) is 0 Å². The second kappa shape index (κ2) is 14.4. The topological polar surface area (TPSA) is 96.2 Å². The van der Waals surface area contributed by atoms with Gasteiger partial charge in [0.05, 0.1) is 43.2 Å². The van der Waals surface area contributed by atoms with Gasteiger partial charge >= 0.3 is 32.3 Å². The van der Waals surface area contributed by atoms with Crippen LogP contribution in [0.1, 0.15) is 96.3 Å². The molecule has 4 aliphatic carbocycles. The molecule has 8 bridgehead atoms. The summed E-state index contributed by atoms with van der Waals surface area (Å²) < 4.78 is 0. The molecule has 5 aliphatic heterocycles. The molecule has 9 fully saturated rings. The molecule has 8 nitrogen and oxygen atoms in total. The molecule has 9 rings (SSSR count). The first-order chi connectivity index (χ1) is 20.8. The van der Waals surface area contributed by atoms with Crippen LogP contribution < -0.4 is 42.5 Å². The Morgan fingerprint density at radius 2 is 0.628 bits per heavy atom. The molecule has 0 aromatic rings. The van der Waals surface area contributed by atoms with E-state index in [1.165, 1.54) is 96.3 Å². The molecule has 0 aromatic heterocycles. The fourth-order valence-electron chi connectivity index (χ4n) is 11.7. The van der Waals surface area contributed by atoms with Gasteiger partial charge < -0.3 is 6.42 Å². The monoisotopic (exact) mass is 760 g/mol. The molecule has 0 amide bonds. The number of hydrogen-bond donors (Lipinski definition) is 8. The van der Waals surface area contributed by atoms with Gasteiger partial charge in [-0.05, 0) is 80.0 Å². The van der Waals surface area contributed by atoms with E-state index in [9.17, 15) is 0 Å². The van der Waals surface area contributed by atoms with Crippen molar-refractivity contribution in [3.63, 3.8) is 0 Å². The van der Waals surface area contributed by atoms with E-state index in [0.29, 0.717) is 61.2 Å². The van der Waals surface area contributed by atoms with Crippen molar-refractivity contribution >= 4 is 8.65 Å². The average molecular weight is 760 g/mol. The second-order valence-electron chi connectivity index (χ2n) is 15.4. The van der Waals surface area contributed by atoms with Gasteiger partial charge in [-0.25, -0.2) is 0 Å². The fourth-order valence-corrected chi connectivity index (χ4v) is 11.7. The summed E-state index contributed by atoms with van der Waals surface area (Å²) in [5, 5.41) is 33.7. The first kappa shape index (κ1) is 32.9. The minimum atomic E-state index is 0. The first-order valence-electron chi connectivity index (χ1n) is 18.0. The Morgan fingerprint density at radius 1 is 0.372 bits per heavy atom. The molecule has 4 saturated carbocycles. The zero-order valence-corrected chi connectivity index (χ0v) is 31.6. The zero-order valence-electron chi connectivity index (χ0n) is 25.8. The Bertz CT molecular complexity index is 745.